The van der Waals surface area contributed by atoms with Crippen molar-refractivity contribution in [1.29, 1.82) is 0 Å². The van der Waals surface area contributed by atoms with Crippen molar-refractivity contribution in [2.75, 3.05) is 13.1 Å². The van der Waals surface area contributed by atoms with E-state index >= 15 is 0 Å². The van der Waals surface area contributed by atoms with Crippen LogP contribution in [0.1, 0.15) is 42.3 Å². The number of rotatable bonds is 5. The summed E-state index contributed by atoms with van der Waals surface area (Å²) in [5.41, 5.74) is 2.38. The first kappa shape index (κ1) is 17.5. The van der Waals surface area contributed by atoms with Gasteiger partial charge in [-0.25, -0.2) is 4.68 Å². The highest BCUT2D eigenvalue weighted by Gasteiger charge is 2.27. The third-order valence-corrected chi connectivity index (χ3v) is 5.41. The Hall–Kier alpha value is -2.95. The largest absolute Gasteiger partial charge is 0.343 e. The summed E-state index contributed by atoms with van der Waals surface area (Å²) in [6, 6.07) is 21.0. The summed E-state index contributed by atoms with van der Waals surface area (Å²) in [7, 11) is 0. The molecule has 1 aliphatic rings. The number of hydrogen-bond donors (Lipinski definition) is 0. The summed E-state index contributed by atoms with van der Waals surface area (Å²) in [4.78, 5) is 15.0. The first-order valence-corrected chi connectivity index (χ1v) is 9.55. The van der Waals surface area contributed by atoms with Gasteiger partial charge in [0, 0.05) is 31.6 Å². The normalized spacial score (nSPS) is 15.2. The predicted molar refractivity (Wildman–Crippen MR) is 104 cm³/mol. The van der Waals surface area contributed by atoms with Crippen molar-refractivity contribution in [3.63, 3.8) is 0 Å². The summed E-state index contributed by atoms with van der Waals surface area (Å²) in [6.45, 7) is 1.55. The van der Waals surface area contributed by atoms with Crippen molar-refractivity contribution in [3.05, 3.63) is 84.2 Å². The minimum Gasteiger partial charge on any atom is -0.343 e. The van der Waals surface area contributed by atoms with Crippen LogP contribution in [0.25, 0.3) is 0 Å². The van der Waals surface area contributed by atoms with Gasteiger partial charge >= 0.3 is 0 Å². The van der Waals surface area contributed by atoms with Crippen LogP contribution in [-0.2, 0) is 4.79 Å². The molecule has 5 heteroatoms. The van der Waals surface area contributed by atoms with Gasteiger partial charge in [0.15, 0.2) is 0 Å². The average molecular weight is 360 g/mol. The summed E-state index contributed by atoms with van der Waals surface area (Å²) in [6.07, 6.45) is 5.97. The number of carbonyl (C=O) groups excluding carboxylic acids is 1. The quantitative estimate of drug-likeness (QED) is 0.698. The van der Waals surface area contributed by atoms with Crippen molar-refractivity contribution in [2.45, 2.75) is 31.2 Å². The van der Waals surface area contributed by atoms with Gasteiger partial charge in [0.2, 0.25) is 5.91 Å². The number of amides is 1. The Balaban J connectivity index is 1.45. The Morgan fingerprint density at radius 3 is 2.07 bits per heavy atom. The zero-order valence-corrected chi connectivity index (χ0v) is 15.3. The Morgan fingerprint density at radius 1 is 0.963 bits per heavy atom. The van der Waals surface area contributed by atoms with E-state index < -0.39 is 0 Å². The van der Waals surface area contributed by atoms with Crippen LogP contribution in [-0.4, -0.2) is 38.9 Å². The van der Waals surface area contributed by atoms with E-state index in [-0.39, 0.29) is 11.8 Å². The van der Waals surface area contributed by atoms with Gasteiger partial charge in [0.25, 0.3) is 0 Å². The fourth-order valence-electron chi connectivity index (χ4n) is 3.89. The van der Waals surface area contributed by atoms with Crippen molar-refractivity contribution in [3.8, 4) is 0 Å². The summed E-state index contributed by atoms with van der Waals surface area (Å²) in [5, 5.41) is 7.99. The number of aromatic nitrogens is 3. The molecule has 0 saturated carbocycles. The van der Waals surface area contributed by atoms with Crippen LogP contribution < -0.4 is 0 Å². The molecule has 1 amide bonds. The molecule has 0 spiro atoms. The number of carbonyl (C=O) groups is 1. The second-order valence-electron chi connectivity index (χ2n) is 7.07. The molecule has 0 atom stereocenters. The minimum absolute atomic E-state index is 0.0907. The molecule has 1 aromatic heterocycles. The number of nitrogens with zero attached hydrogens (tertiary/aromatic N) is 4. The maximum atomic E-state index is 13.0. The third-order valence-electron chi connectivity index (χ3n) is 5.41. The van der Waals surface area contributed by atoms with Gasteiger partial charge in [0.05, 0.1) is 12.2 Å². The number of likely N-dealkylation sites (tertiary alicyclic amines) is 1. The highest BCUT2D eigenvalue weighted by atomic mass is 16.2. The number of piperidine rings is 1. The lowest BCUT2D eigenvalue weighted by Crippen LogP contribution is -2.39. The van der Waals surface area contributed by atoms with Gasteiger partial charge < -0.3 is 4.90 Å². The molecule has 2 heterocycles. The highest BCUT2D eigenvalue weighted by Crippen LogP contribution is 2.30. The number of hydrogen-bond acceptors (Lipinski definition) is 3. The Bertz CT molecular complexity index is 801. The standard InChI is InChI=1S/C22H24N4O/c27-22(25-14-11-20(12-15-25)26-16-13-23-24-26)17-21(18-7-3-1-4-8-18)19-9-5-2-6-10-19/h1-10,13,16,20-21H,11-12,14-15,17H2. The molecule has 0 unspecified atom stereocenters. The van der Waals surface area contributed by atoms with Gasteiger partial charge in [-0.05, 0) is 24.0 Å². The molecule has 3 aromatic rings. The van der Waals surface area contributed by atoms with Crippen LogP contribution in [0.15, 0.2) is 73.1 Å². The zero-order valence-electron chi connectivity index (χ0n) is 15.3. The van der Waals surface area contributed by atoms with Gasteiger partial charge in [-0.1, -0.05) is 65.9 Å². The first-order chi connectivity index (χ1) is 13.3. The smallest absolute Gasteiger partial charge is 0.223 e. The van der Waals surface area contributed by atoms with E-state index in [1.165, 1.54) is 11.1 Å². The van der Waals surface area contributed by atoms with E-state index in [9.17, 15) is 4.79 Å². The lowest BCUT2D eigenvalue weighted by molar-refractivity contribution is -0.132. The van der Waals surface area contributed by atoms with E-state index in [4.69, 9.17) is 0 Å². The van der Waals surface area contributed by atoms with Crippen molar-refractivity contribution < 1.29 is 4.79 Å². The molecule has 27 heavy (non-hydrogen) atoms. The molecular weight excluding hydrogens is 336 g/mol. The van der Waals surface area contributed by atoms with Gasteiger partial charge in [-0.15, -0.1) is 5.10 Å². The topological polar surface area (TPSA) is 51.0 Å². The van der Waals surface area contributed by atoms with Gasteiger partial charge in [-0.2, -0.15) is 0 Å². The molecule has 138 valence electrons. The zero-order chi connectivity index (χ0) is 18.5. The molecule has 1 aliphatic heterocycles. The summed E-state index contributed by atoms with van der Waals surface area (Å²) < 4.78 is 1.92. The first-order valence-electron chi connectivity index (χ1n) is 9.55. The Labute approximate surface area is 159 Å². The fraction of sp³-hybridized carbons (Fsp3) is 0.318. The maximum absolute atomic E-state index is 13.0. The molecule has 4 rings (SSSR count). The second-order valence-corrected chi connectivity index (χ2v) is 7.07. The molecule has 0 aliphatic carbocycles. The van der Waals surface area contributed by atoms with Crippen molar-refractivity contribution >= 4 is 5.91 Å². The predicted octanol–water partition coefficient (Wildman–Crippen LogP) is 3.66. The van der Waals surface area contributed by atoms with Gasteiger partial charge in [0.1, 0.15) is 0 Å². The van der Waals surface area contributed by atoms with Crippen molar-refractivity contribution in [2.24, 2.45) is 0 Å². The van der Waals surface area contributed by atoms with E-state index in [1.54, 1.807) is 6.20 Å². The van der Waals surface area contributed by atoms with Crippen LogP contribution in [0.4, 0.5) is 0 Å². The van der Waals surface area contributed by atoms with Gasteiger partial charge in [-0.3, -0.25) is 4.79 Å². The second kappa shape index (κ2) is 8.16. The summed E-state index contributed by atoms with van der Waals surface area (Å²) >= 11 is 0. The lowest BCUT2D eigenvalue weighted by Gasteiger charge is -2.33. The van der Waals surface area contributed by atoms with E-state index in [1.807, 2.05) is 52.2 Å². The molecule has 0 radical (unpaired) electrons. The molecule has 0 N–H and O–H groups in total. The highest BCUT2D eigenvalue weighted by molar-refractivity contribution is 5.78. The Morgan fingerprint density at radius 2 is 1.56 bits per heavy atom. The van der Waals surface area contributed by atoms with Crippen LogP contribution in [0.5, 0.6) is 0 Å². The molecule has 1 fully saturated rings. The monoisotopic (exact) mass is 360 g/mol. The van der Waals surface area contributed by atoms with Crippen LogP contribution in [0.3, 0.4) is 0 Å². The van der Waals surface area contributed by atoms with Crippen LogP contribution in [0.2, 0.25) is 0 Å². The molecule has 2 aromatic carbocycles. The van der Waals surface area contributed by atoms with Crippen molar-refractivity contribution in [1.82, 2.24) is 19.9 Å². The number of benzene rings is 2. The molecule has 5 nitrogen and oxygen atoms in total. The van der Waals surface area contributed by atoms with E-state index in [0.29, 0.717) is 12.5 Å². The fourth-order valence-corrected chi connectivity index (χ4v) is 3.89. The molecule has 0 bridgehead atoms. The van der Waals surface area contributed by atoms with E-state index in [2.05, 4.69) is 34.6 Å². The maximum Gasteiger partial charge on any atom is 0.223 e. The van der Waals surface area contributed by atoms with Crippen LogP contribution >= 0.6 is 0 Å². The Kier molecular flexibility index (Phi) is 5.28. The summed E-state index contributed by atoms with van der Waals surface area (Å²) in [5.74, 6) is 0.317. The average Bonchev–Trinajstić information content (AvgIpc) is 3.28. The van der Waals surface area contributed by atoms with Crippen LogP contribution in [0, 0.1) is 0 Å². The SMILES string of the molecule is O=C(CC(c1ccccc1)c1ccccc1)N1CCC(n2ccnn2)CC1. The minimum atomic E-state index is 0.0907. The molecular formula is C22H24N4O. The lowest BCUT2D eigenvalue weighted by atomic mass is 9.88. The third kappa shape index (κ3) is 4.08. The van der Waals surface area contributed by atoms with E-state index in [0.717, 1.165) is 25.9 Å². The molecule has 1 saturated heterocycles.